The van der Waals surface area contributed by atoms with Crippen molar-refractivity contribution < 1.29 is 9.47 Å². The number of ether oxygens (including phenoxy) is 2. The first kappa shape index (κ1) is 75.1. The van der Waals surface area contributed by atoms with Crippen molar-refractivity contribution in [1.82, 2.24) is 0 Å². The summed E-state index contributed by atoms with van der Waals surface area (Å²) in [4.78, 5) is 15.9. The molecule has 0 bridgehead atoms. The molecule has 0 atom stereocenters. The molecule has 0 aliphatic carbocycles. The van der Waals surface area contributed by atoms with Crippen molar-refractivity contribution in [2.45, 2.75) is 102 Å². The fourth-order valence-corrected chi connectivity index (χ4v) is 33.7. The summed E-state index contributed by atoms with van der Waals surface area (Å²) < 4.78 is 15.1. The zero-order chi connectivity index (χ0) is 85.5. The van der Waals surface area contributed by atoms with Crippen LogP contribution in [0, 0.1) is 62.3 Å². The highest BCUT2D eigenvalue weighted by Gasteiger charge is 2.53. The summed E-state index contributed by atoms with van der Waals surface area (Å²) in [6, 6.07) is 113. The highest BCUT2D eigenvalue weighted by Crippen LogP contribution is 2.56. The van der Waals surface area contributed by atoms with Gasteiger partial charge in [0.05, 0.1) is 34.1 Å². The predicted octanol–water partition coefficient (Wildman–Crippen LogP) is 19.4. The van der Waals surface area contributed by atoms with Gasteiger partial charge in [-0.15, -0.1) is 0 Å². The van der Waals surface area contributed by atoms with Crippen molar-refractivity contribution in [3.63, 3.8) is 0 Å². The minimum absolute atomic E-state index is 0.219. The average Bonchev–Trinajstić information content (AvgIpc) is 0.673. The van der Waals surface area contributed by atoms with Crippen LogP contribution in [0.2, 0.25) is 39.3 Å². The molecule has 0 fully saturated rings. The summed E-state index contributed by atoms with van der Waals surface area (Å²) in [5, 5.41) is 12.9. The molecule has 25 rings (SSSR count). The fraction of sp³-hybridized carbons (Fsp3) is 0.135. The van der Waals surface area contributed by atoms with Crippen LogP contribution >= 0.6 is 0 Å². The number of para-hydroxylation sites is 8. The Morgan fingerprint density at radius 3 is 0.881 bits per heavy atom. The molecule has 126 heavy (non-hydrogen) atoms. The van der Waals surface area contributed by atoms with Crippen molar-refractivity contribution in [2.24, 2.45) is 0 Å². The Kier molecular flexibility index (Phi) is 15.8. The van der Waals surface area contributed by atoms with Crippen LogP contribution in [0.25, 0.3) is 0 Å². The van der Waals surface area contributed by atoms with E-state index in [-0.39, 0.29) is 20.1 Å². The molecule has 0 amide bonds. The number of hydrogen-bond donors (Lipinski definition) is 1. The summed E-state index contributed by atoms with van der Waals surface area (Å²) >= 11 is 0. The first-order valence-corrected chi connectivity index (χ1v) is 53.8. The van der Waals surface area contributed by atoms with Gasteiger partial charge in [0.25, 0.3) is 20.1 Å². The lowest BCUT2D eigenvalue weighted by Crippen LogP contribution is -2.66. The van der Waals surface area contributed by atoms with Gasteiger partial charge in [0.1, 0.15) is 47.2 Å². The van der Waals surface area contributed by atoms with Gasteiger partial charge in [0, 0.05) is 91.8 Å². The number of fused-ring (bicyclic) bond motifs is 18. The molecule has 0 saturated heterocycles. The smallest absolute Gasteiger partial charge is 0.256 e. The topological polar surface area (TPSA) is 49.9 Å². The molecule has 0 radical (unpaired) electrons. The van der Waals surface area contributed by atoms with Crippen LogP contribution in [0.4, 0.5) is 114 Å². The molecule has 606 valence electrons. The van der Waals surface area contributed by atoms with E-state index < -0.39 is 24.2 Å². The molecule has 0 unspecified atom stereocenters. The molecular weight excluding hydrogens is 1580 g/mol. The molecule has 1 N–H and O–H groups in total. The van der Waals surface area contributed by atoms with Gasteiger partial charge >= 0.3 is 0 Å². The Bertz CT molecular complexity index is 7390. The maximum atomic E-state index is 7.67. The number of nitrogens with one attached hydrogen (secondary N) is 1. The predicted molar refractivity (Wildman–Crippen MR) is 544 cm³/mol. The van der Waals surface area contributed by atoms with Gasteiger partial charge in [-0.25, -0.2) is 0 Å². The quantitative estimate of drug-likeness (QED) is 0.164. The first-order chi connectivity index (χ1) is 61.0. The second-order valence-electron chi connectivity index (χ2n) is 38.6. The standard InChI is InChI=1S/C111H94B3N7O2Si3/c1-64-48-67(4)109(68(5)49-64)119-90-62-82-78(112-76-32-16-24-40-96(76)122-98-58-73(54-83(115-82)106(98)112)116-84-34-18-26-42-100(84)124(10,11)101-43-27-19-35-85(101)116)60-79(90)114-81-61-80-91(63-92(81)120(110-69(6)50-65(2)51-70(110)7)94-56-74(55-93(119)107(94)114)117-86-36-20-28-44-102(86)125(12,13)103-45-29-21-37-87(103)117)121(111-71(8)52-66(3)53-72(111)9)95-57-75(59-99-108(95)113(80)77-33-17-25-41-97(77)123-99)118-88-38-22-30-46-104(88)126(14,15)105-47-31-23-39-89(105)118/h16-63,115H,1-15H3. The maximum Gasteiger partial charge on any atom is 0.256 e. The number of anilines is 20. The van der Waals surface area contributed by atoms with E-state index >= 15 is 0 Å². The van der Waals surface area contributed by atoms with Crippen molar-refractivity contribution in [2.75, 3.05) is 34.7 Å². The molecule has 0 aromatic heterocycles. The summed E-state index contributed by atoms with van der Waals surface area (Å²) in [6.45, 7) is 35.2. The molecule has 16 aromatic rings. The van der Waals surface area contributed by atoms with Gasteiger partial charge in [-0.1, -0.05) is 250 Å². The number of nitrogens with zero attached hydrogens (tertiary/aromatic N) is 6. The molecule has 9 heterocycles. The minimum Gasteiger partial charge on any atom is -0.458 e. The monoisotopic (exact) mass is 1670 g/mol. The highest BCUT2D eigenvalue weighted by atomic mass is 28.3. The summed E-state index contributed by atoms with van der Waals surface area (Å²) in [6.07, 6.45) is 0. The zero-order valence-corrected chi connectivity index (χ0v) is 76.9. The minimum atomic E-state index is -2.30. The van der Waals surface area contributed by atoms with E-state index in [1.54, 1.807) is 0 Å². The van der Waals surface area contributed by atoms with Crippen LogP contribution in [-0.2, 0) is 0 Å². The molecule has 9 aliphatic rings. The van der Waals surface area contributed by atoms with Crippen molar-refractivity contribution >= 4 is 238 Å². The van der Waals surface area contributed by atoms with Crippen LogP contribution in [0.15, 0.2) is 291 Å². The highest BCUT2D eigenvalue weighted by molar-refractivity contribution is 7.06. The fourth-order valence-electron chi connectivity index (χ4n) is 24.7. The number of hydrogen-bond acceptors (Lipinski definition) is 9. The first-order valence-electron chi connectivity index (χ1n) is 44.8. The van der Waals surface area contributed by atoms with E-state index in [4.69, 9.17) is 9.47 Å². The third-order valence-electron chi connectivity index (χ3n) is 29.7. The zero-order valence-electron chi connectivity index (χ0n) is 73.9. The third kappa shape index (κ3) is 10.3. The van der Waals surface area contributed by atoms with Crippen molar-refractivity contribution in [3.8, 4) is 23.0 Å². The molecular formula is C111H94B3N7O2Si3. The SMILES string of the molecule is Cc1cc(C)c(N2c3cc4c(cc3B3c5ccccc5Oc5cc(N6c7ccccc7[Si](C)(C)c7ccccc76)cc2c53)B2c3cc5c(cc3N(c3c(C)cc(C)cc3C)c3cc(N6c7ccccc7[Si](C)(C)c7ccccc76)cc(c32)N4c2c(C)cc(C)cc2C)Nc2cc(N3c4ccccc4[Si](C)(C)c4ccccc43)cc3c2B5c2ccccc2O3)c(C)c1. The molecule has 16 aromatic carbocycles. The number of rotatable bonds is 6. The summed E-state index contributed by atoms with van der Waals surface area (Å²) in [5.41, 5.74) is 44.6. The van der Waals surface area contributed by atoms with E-state index in [1.807, 2.05) is 0 Å². The number of benzene rings is 16. The Morgan fingerprint density at radius 1 is 0.222 bits per heavy atom. The molecule has 15 heteroatoms. The van der Waals surface area contributed by atoms with Crippen LogP contribution < -0.4 is 124 Å². The van der Waals surface area contributed by atoms with Gasteiger partial charge in [-0.2, -0.15) is 0 Å². The average molecular weight is 1670 g/mol. The molecule has 0 saturated carbocycles. The molecule has 9 aliphatic heterocycles. The second kappa shape index (κ2) is 26.6. The lowest BCUT2D eigenvalue weighted by Gasteiger charge is -2.48. The van der Waals surface area contributed by atoms with E-state index in [2.05, 4.69) is 427 Å². The second-order valence-corrected chi connectivity index (χ2v) is 51.6. The van der Waals surface area contributed by atoms with Gasteiger partial charge < -0.3 is 44.2 Å². The van der Waals surface area contributed by atoms with E-state index in [9.17, 15) is 0 Å². The van der Waals surface area contributed by atoms with Crippen LogP contribution in [0.1, 0.15) is 50.1 Å². The van der Waals surface area contributed by atoms with E-state index in [0.29, 0.717) is 0 Å². The van der Waals surface area contributed by atoms with Crippen molar-refractivity contribution in [1.29, 1.82) is 0 Å². The van der Waals surface area contributed by atoms with E-state index in [1.165, 1.54) is 154 Å². The third-order valence-corrected chi connectivity index (χ3v) is 40.3. The van der Waals surface area contributed by atoms with Gasteiger partial charge in [-0.05, 0) is 261 Å². The Balaban J connectivity index is 0.812. The summed E-state index contributed by atoms with van der Waals surface area (Å²) in [7, 11) is -6.65. The van der Waals surface area contributed by atoms with Crippen LogP contribution in [0.3, 0.4) is 0 Å². The molecule has 0 spiro atoms. The van der Waals surface area contributed by atoms with E-state index in [0.717, 1.165) is 113 Å². The van der Waals surface area contributed by atoms with Gasteiger partial charge in [0.2, 0.25) is 0 Å². The Hall–Kier alpha value is -13.4. The maximum absolute atomic E-state index is 7.67. The van der Waals surface area contributed by atoms with Crippen LogP contribution in [-0.4, -0.2) is 44.4 Å². The van der Waals surface area contributed by atoms with Crippen molar-refractivity contribution in [3.05, 3.63) is 341 Å². The largest absolute Gasteiger partial charge is 0.458 e. The summed E-state index contributed by atoms with van der Waals surface area (Å²) in [5.74, 6) is 3.46. The molecule has 9 nitrogen and oxygen atoms in total. The Morgan fingerprint density at radius 2 is 0.508 bits per heavy atom. The lowest BCUT2D eigenvalue weighted by atomic mass is 9.29. The van der Waals surface area contributed by atoms with Crippen LogP contribution in [0.5, 0.6) is 23.0 Å². The van der Waals surface area contributed by atoms with Gasteiger partial charge in [-0.3, -0.25) is 0 Å². The lowest BCUT2D eigenvalue weighted by molar-refractivity contribution is 0.487. The number of aryl methyl sites for hydroxylation is 9. The Labute approximate surface area is 743 Å². The van der Waals surface area contributed by atoms with Gasteiger partial charge in [0.15, 0.2) is 0 Å². The normalized spacial score (nSPS) is 15.5.